The molecule has 0 aliphatic rings. The van der Waals surface area contributed by atoms with Crippen molar-refractivity contribution in [3.8, 4) is 11.5 Å². The van der Waals surface area contributed by atoms with Gasteiger partial charge in [-0.05, 0) is 18.0 Å². The second-order valence-electron chi connectivity index (χ2n) is 3.91. The van der Waals surface area contributed by atoms with Crippen LogP contribution in [0.1, 0.15) is 12.7 Å². The van der Waals surface area contributed by atoms with E-state index in [1.165, 1.54) is 7.11 Å². The number of thiophene rings is 1. The molecule has 2 rings (SSSR count). The van der Waals surface area contributed by atoms with Gasteiger partial charge in [0.2, 0.25) is 0 Å². The van der Waals surface area contributed by atoms with Gasteiger partial charge in [0.25, 0.3) is 5.89 Å². The van der Waals surface area contributed by atoms with Gasteiger partial charge in [0.15, 0.2) is 5.82 Å². The van der Waals surface area contributed by atoms with Gasteiger partial charge < -0.3 is 9.26 Å². The van der Waals surface area contributed by atoms with Crippen molar-refractivity contribution in [1.82, 2.24) is 15.0 Å². The van der Waals surface area contributed by atoms with Crippen LogP contribution in [0, 0.1) is 0 Å². The van der Waals surface area contributed by atoms with Crippen LogP contribution in [0.3, 0.4) is 0 Å². The minimum absolute atomic E-state index is 0.218. The zero-order valence-electron chi connectivity index (χ0n) is 10.8. The maximum Gasteiger partial charge on any atom is 0.319 e. The number of ether oxygens (including phenoxy) is 1. The molecule has 0 amide bonds. The van der Waals surface area contributed by atoms with Crippen molar-refractivity contribution in [3.05, 3.63) is 22.7 Å². The molecule has 102 valence electrons. The second kappa shape index (κ2) is 6.44. The van der Waals surface area contributed by atoms with Crippen LogP contribution in [0.4, 0.5) is 0 Å². The molecule has 0 atom stereocenters. The second-order valence-corrected chi connectivity index (χ2v) is 4.69. The number of nitrogens with zero attached hydrogens (tertiary/aromatic N) is 3. The number of likely N-dealkylation sites (N-methyl/N-ethyl adjacent to an activating group) is 1. The smallest absolute Gasteiger partial charge is 0.319 e. The number of hydrogen-bond donors (Lipinski definition) is 0. The fourth-order valence-corrected chi connectivity index (χ4v) is 2.18. The van der Waals surface area contributed by atoms with Crippen molar-refractivity contribution < 1.29 is 14.1 Å². The molecule has 0 fully saturated rings. The third kappa shape index (κ3) is 3.62. The van der Waals surface area contributed by atoms with Crippen molar-refractivity contribution in [2.45, 2.75) is 13.5 Å². The first-order valence-corrected chi connectivity index (χ1v) is 6.81. The summed E-state index contributed by atoms with van der Waals surface area (Å²) in [5.74, 6) is 0.792. The third-order valence-corrected chi connectivity index (χ3v) is 3.31. The minimum atomic E-state index is -0.275. The van der Waals surface area contributed by atoms with Gasteiger partial charge in [-0.25, -0.2) is 0 Å². The molecular weight excluding hydrogens is 266 g/mol. The summed E-state index contributed by atoms with van der Waals surface area (Å²) in [4.78, 5) is 17.4. The van der Waals surface area contributed by atoms with Crippen molar-refractivity contribution >= 4 is 17.3 Å². The quantitative estimate of drug-likeness (QED) is 0.752. The Labute approximate surface area is 115 Å². The molecule has 0 aliphatic carbocycles. The normalized spacial score (nSPS) is 10.9. The summed E-state index contributed by atoms with van der Waals surface area (Å²) in [6, 6.07) is 1.92. The summed E-state index contributed by atoms with van der Waals surface area (Å²) in [7, 11) is 1.37. The molecule has 6 nitrogen and oxygen atoms in total. The van der Waals surface area contributed by atoms with Crippen molar-refractivity contribution in [3.63, 3.8) is 0 Å². The molecule has 0 N–H and O–H groups in total. The van der Waals surface area contributed by atoms with Crippen LogP contribution in [0.5, 0.6) is 0 Å². The summed E-state index contributed by atoms with van der Waals surface area (Å²) in [5.41, 5.74) is 0.916. The fraction of sp³-hybridized carbons (Fsp3) is 0.417. The van der Waals surface area contributed by atoms with Gasteiger partial charge in [0.1, 0.15) is 0 Å². The third-order valence-electron chi connectivity index (χ3n) is 2.63. The Hall–Kier alpha value is -1.73. The molecule has 0 unspecified atom stereocenters. The number of hydrogen-bond acceptors (Lipinski definition) is 7. The number of carbonyl (C=O) groups is 1. The van der Waals surface area contributed by atoms with Gasteiger partial charge in [-0.15, -0.1) is 0 Å². The van der Waals surface area contributed by atoms with Gasteiger partial charge in [0, 0.05) is 5.38 Å². The Kier molecular flexibility index (Phi) is 4.64. The Morgan fingerprint density at radius 2 is 2.42 bits per heavy atom. The SMILES string of the molecule is CCN(CC(=O)OC)Cc1noc(-c2ccsc2)n1. The highest BCUT2D eigenvalue weighted by Crippen LogP contribution is 2.20. The van der Waals surface area contributed by atoms with Gasteiger partial charge in [-0.3, -0.25) is 9.69 Å². The van der Waals surface area contributed by atoms with Crippen LogP contribution >= 0.6 is 11.3 Å². The monoisotopic (exact) mass is 281 g/mol. The van der Waals surface area contributed by atoms with Crippen molar-refractivity contribution in [1.29, 1.82) is 0 Å². The molecule has 0 saturated carbocycles. The average molecular weight is 281 g/mol. The number of aromatic nitrogens is 2. The highest BCUT2D eigenvalue weighted by atomic mass is 32.1. The van der Waals surface area contributed by atoms with E-state index in [9.17, 15) is 4.79 Å². The number of rotatable bonds is 6. The molecule has 0 bridgehead atoms. The van der Waals surface area contributed by atoms with Crippen LogP contribution in [0.2, 0.25) is 0 Å². The summed E-state index contributed by atoms with van der Waals surface area (Å²) >= 11 is 1.57. The highest BCUT2D eigenvalue weighted by Gasteiger charge is 2.14. The van der Waals surface area contributed by atoms with E-state index in [0.717, 1.165) is 5.56 Å². The molecule has 2 aromatic heterocycles. The zero-order valence-corrected chi connectivity index (χ0v) is 11.6. The van der Waals surface area contributed by atoms with E-state index < -0.39 is 0 Å². The van der Waals surface area contributed by atoms with Crippen LogP contribution in [0.15, 0.2) is 21.3 Å². The zero-order chi connectivity index (χ0) is 13.7. The molecule has 2 aromatic rings. The van der Waals surface area contributed by atoms with E-state index in [0.29, 0.717) is 24.8 Å². The number of methoxy groups -OCH3 is 1. The summed E-state index contributed by atoms with van der Waals surface area (Å²) in [6.07, 6.45) is 0. The lowest BCUT2D eigenvalue weighted by atomic mass is 10.3. The lowest BCUT2D eigenvalue weighted by molar-refractivity contribution is -0.142. The highest BCUT2D eigenvalue weighted by molar-refractivity contribution is 7.08. The first kappa shape index (κ1) is 13.7. The first-order valence-electron chi connectivity index (χ1n) is 5.87. The Balaban J connectivity index is 2.00. The van der Waals surface area contributed by atoms with Crippen molar-refractivity contribution in [2.75, 3.05) is 20.2 Å². The topological polar surface area (TPSA) is 68.5 Å². The summed E-state index contributed by atoms with van der Waals surface area (Å²) in [6.45, 7) is 3.34. The molecule has 0 aromatic carbocycles. The Morgan fingerprint density at radius 1 is 1.58 bits per heavy atom. The molecule has 0 spiro atoms. The summed E-state index contributed by atoms with van der Waals surface area (Å²) < 4.78 is 9.83. The fourth-order valence-electron chi connectivity index (χ4n) is 1.55. The van der Waals surface area contributed by atoms with E-state index in [-0.39, 0.29) is 12.5 Å². The molecule has 0 aliphatic heterocycles. The maximum absolute atomic E-state index is 11.2. The van der Waals surface area contributed by atoms with Crippen LogP contribution in [-0.2, 0) is 16.1 Å². The maximum atomic E-state index is 11.2. The van der Waals surface area contributed by atoms with Crippen LogP contribution in [-0.4, -0.2) is 41.2 Å². The van der Waals surface area contributed by atoms with E-state index in [1.807, 2.05) is 28.7 Å². The first-order chi connectivity index (χ1) is 9.22. The Morgan fingerprint density at radius 3 is 3.05 bits per heavy atom. The van der Waals surface area contributed by atoms with E-state index in [4.69, 9.17) is 4.52 Å². The molecule has 2 heterocycles. The van der Waals surface area contributed by atoms with E-state index in [1.54, 1.807) is 11.3 Å². The van der Waals surface area contributed by atoms with Gasteiger partial charge >= 0.3 is 5.97 Å². The largest absolute Gasteiger partial charge is 0.468 e. The average Bonchev–Trinajstić information content (AvgIpc) is 3.08. The summed E-state index contributed by atoms with van der Waals surface area (Å²) in [5, 5.41) is 7.82. The lowest BCUT2D eigenvalue weighted by Crippen LogP contribution is -2.30. The molecule has 0 saturated heterocycles. The number of esters is 1. The molecule has 19 heavy (non-hydrogen) atoms. The minimum Gasteiger partial charge on any atom is -0.468 e. The number of carbonyl (C=O) groups excluding carboxylic acids is 1. The van der Waals surface area contributed by atoms with E-state index in [2.05, 4.69) is 14.9 Å². The van der Waals surface area contributed by atoms with Gasteiger partial charge in [-0.1, -0.05) is 12.1 Å². The predicted octanol–water partition coefficient (Wildman–Crippen LogP) is 1.79. The van der Waals surface area contributed by atoms with Crippen LogP contribution < -0.4 is 0 Å². The Bertz CT molecular complexity index is 524. The van der Waals surface area contributed by atoms with Gasteiger partial charge in [-0.2, -0.15) is 16.3 Å². The van der Waals surface area contributed by atoms with Crippen molar-refractivity contribution in [2.24, 2.45) is 0 Å². The van der Waals surface area contributed by atoms with Gasteiger partial charge in [0.05, 0.1) is 25.8 Å². The lowest BCUT2D eigenvalue weighted by Gasteiger charge is -2.16. The van der Waals surface area contributed by atoms with Crippen LogP contribution in [0.25, 0.3) is 11.5 Å². The molecular formula is C12H15N3O3S. The molecule has 7 heteroatoms. The predicted molar refractivity (Wildman–Crippen MR) is 70.6 cm³/mol. The van der Waals surface area contributed by atoms with E-state index >= 15 is 0 Å². The molecule has 0 radical (unpaired) electrons. The standard InChI is InChI=1S/C12H15N3O3S/c1-3-15(7-11(16)17-2)6-10-13-12(18-14-10)9-4-5-19-8-9/h4-5,8H,3,6-7H2,1-2H3.